The summed E-state index contributed by atoms with van der Waals surface area (Å²) in [5, 5.41) is 0. The van der Waals surface area contributed by atoms with E-state index >= 15 is 0 Å². The van der Waals surface area contributed by atoms with Crippen LogP contribution in [0.1, 0.15) is 58.3 Å². The molecule has 0 unspecified atom stereocenters. The van der Waals surface area contributed by atoms with Crippen LogP contribution >= 0.6 is 0 Å². The van der Waals surface area contributed by atoms with Gasteiger partial charge in [-0.2, -0.15) is 8.42 Å². The average Bonchev–Trinajstić information content (AvgIpc) is 2.24. The highest BCUT2D eigenvalue weighted by Gasteiger charge is 2.13. The normalized spacial score (nSPS) is 11.4. The Labute approximate surface area is 110 Å². The van der Waals surface area contributed by atoms with Gasteiger partial charge in [0.1, 0.15) is 0 Å². The predicted octanol–water partition coefficient (Wildman–Crippen LogP) is 2.56. The standard InChI is InChI=1S/C12H24O5S/c1-2-3-4-5-6-7-8-9-10-17-12(13)11-18(14,15)16/h2-11H2,1H3,(H,14,15,16). The topological polar surface area (TPSA) is 80.7 Å². The van der Waals surface area contributed by atoms with Crippen molar-refractivity contribution in [1.82, 2.24) is 0 Å². The van der Waals surface area contributed by atoms with Crippen LogP contribution in [0.4, 0.5) is 0 Å². The van der Waals surface area contributed by atoms with Crippen LogP contribution in [0.15, 0.2) is 0 Å². The van der Waals surface area contributed by atoms with Crippen LogP contribution in [0.3, 0.4) is 0 Å². The first-order chi connectivity index (χ1) is 8.45. The second-order valence-corrected chi connectivity index (χ2v) is 5.87. The van der Waals surface area contributed by atoms with E-state index in [0.717, 1.165) is 19.3 Å². The molecule has 5 nitrogen and oxygen atoms in total. The van der Waals surface area contributed by atoms with Gasteiger partial charge in [-0.25, -0.2) is 0 Å². The fourth-order valence-electron chi connectivity index (χ4n) is 1.61. The van der Waals surface area contributed by atoms with E-state index in [1.54, 1.807) is 0 Å². The van der Waals surface area contributed by atoms with E-state index in [1.165, 1.54) is 32.1 Å². The van der Waals surface area contributed by atoms with Crippen LogP contribution in [0, 0.1) is 0 Å². The number of esters is 1. The van der Waals surface area contributed by atoms with Crippen LogP contribution < -0.4 is 0 Å². The molecule has 18 heavy (non-hydrogen) atoms. The van der Waals surface area contributed by atoms with E-state index in [4.69, 9.17) is 4.55 Å². The molecule has 108 valence electrons. The molecule has 0 spiro atoms. The van der Waals surface area contributed by atoms with E-state index in [1.807, 2.05) is 0 Å². The number of hydrogen-bond donors (Lipinski definition) is 1. The first-order valence-corrected chi connectivity index (χ1v) is 8.17. The van der Waals surface area contributed by atoms with Gasteiger partial charge in [0.2, 0.25) is 0 Å². The Morgan fingerprint density at radius 1 is 1.00 bits per heavy atom. The van der Waals surface area contributed by atoms with Gasteiger partial charge in [0.05, 0.1) is 6.61 Å². The van der Waals surface area contributed by atoms with Crippen molar-refractivity contribution in [1.29, 1.82) is 0 Å². The van der Waals surface area contributed by atoms with Gasteiger partial charge < -0.3 is 4.74 Å². The lowest BCUT2D eigenvalue weighted by atomic mass is 10.1. The molecule has 0 aromatic heterocycles. The van der Waals surface area contributed by atoms with Crippen LogP contribution in [-0.2, 0) is 19.6 Å². The van der Waals surface area contributed by atoms with Crippen LogP contribution in [0.5, 0.6) is 0 Å². The predicted molar refractivity (Wildman–Crippen MR) is 70.0 cm³/mol. The van der Waals surface area contributed by atoms with Crippen LogP contribution in [0.25, 0.3) is 0 Å². The van der Waals surface area contributed by atoms with Gasteiger partial charge in [-0.3, -0.25) is 9.35 Å². The Bertz CT molecular complexity index is 310. The summed E-state index contributed by atoms with van der Waals surface area (Å²) in [5.41, 5.74) is 0. The monoisotopic (exact) mass is 280 g/mol. The Morgan fingerprint density at radius 2 is 1.50 bits per heavy atom. The van der Waals surface area contributed by atoms with Crippen molar-refractivity contribution in [2.75, 3.05) is 12.4 Å². The number of unbranched alkanes of at least 4 members (excludes halogenated alkanes) is 7. The number of carbonyl (C=O) groups excluding carboxylic acids is 1. The molecule has 0 rings (SSSR count). The van der Waals surface area contributed by atoms with Crippen LogP contribution in [-0.4, -0.2) is 31.3 Å². The molecule has 6 heteroatoms. The summed E-state index contributed by atoms with van der Waals surface area (Å²) in [5.74, 6) is -1.84. The average molecular weight is 280 g/mol. The molecule has 0 saturated heterocycles. The third-order valence-corrected chi connectivity index (χ3v) is 3.16. The maximum absolute atomic E-state index is 10.9. The second-order valence-electron chi connectivity index (χ2n) is 4.42. The minimum absolute atomic E-state index is 0.226. The summed E-state index contributed by atoms with van der Waals surface area (Å²) in [4.78, 5) is 10.9. The van der Waals surface area contributed by atoms with E-state index in [2.05, 4.69) is 11.7 Å². The summed E-state index contributed by atoms with van der Waals surface area (Å²) in [6, 6.07) is 0. The molecular weight excluding hydrogens is 256 g/mol. The number of rotatable bonds is 11. The zero-order valence-corrected chi connectivity index (χ0v) is 11.9. The summed E-state index contributed by atoms with van der Waals surface area (Å²) in [6.45, 7) is 2.41. The van der Waals surface area contributed by atoms with Gasteiger partial charge >= 0.3 is 5.97 Å². The molecule has 0 saturated carbocycles. The maximum atomic E-state index is 10.9. The van der Waals surface area contributed by atoms with Crippen molar-refractivity contribution in [2.45, 2.75) is 58.3 Å². The molecule has 0 atom stereocenters. The van der Waals surface area contributed by atoms with Gasteiger partial charge in [-0.05, 0) is 6.42 Å². The third-order valence-electron chi connectivity index (χ3n) is 2.56. The number of hydrogen-bond acceptors (Lipinski definition) is 4. The molecule has 0 aliphatic rings. The lowest BCUT2D eigenvalue weighted by Crippen LogP contribution is -2.18. The molecule has 0 amide bonds. The summed E-state index contributed by atoms with van der Waals surface area (Å²) >= 11 is 0. The Morgan fingerprint density at radius 3 is 2.00 bits per heavy atom. The molecule has 0 aliphatic carbocycles. The van der Waals surface area contributed by atoms with E-state index < -0.39 is 21.8 Å². The lowest BCUT2D eigenvalue weighted by Gasteiger charge is -2.03. The fourth-order valence-corrected chi connectivity index (χ4v) is 1.99. The third kappa shape index (κ3) is 13.4. The number of carbonyl (C=O) groups is 1. The largest absolute Gasteiger partial charge is 0.465 e. The Hall–Kier alpha value is -0.620. The maximum Gasteiger partial charge on any atom is 0.323 e. The smallest absolute Gasteiger partial charge is 0.323 e. The lowest BCUT2D eigenvalue weighted by molar-refractivity contribution is -0.140. The van der Waals surface area contributed by atoms with Crippen molar-refractivity contribution >= 4 is 16.1 Å². The zero-order valence-electron chi connectivity index (χ0n) is 11.1. The van der Waals surface area contributed by atoms with E-state index in [0.29, 0.717) is 0 Å². The highest BCUT2D eigenvalue weighted by atomic mass is 32.2. The Kier molecular flexibility index (Phi) is 9.96. The van der Waals surface area contributed by atoms with Gasteiger partial charge in [0.25, 0.3) is 10.1 Å². The van der Waals surface area contributed by atoms with Gasteiger partial charge in [0.15, 0.2) is 5.75 Å². The molecule has 1 N–H and O–H groups in total. The van der Waals surface area contributed by atoms with Gasteiger partial charge in [0, 0.05) is 0 Å². The second kappa shape index (κ2) is 10.3. The molecule has 0 aliphatic heterocycles. The molecule has 0 bridgehead atoms. The first kappa shape index (κ1) is 17.4. The molecule has 0 radical (unpaired) electrons. The van der Waals surface area contributed by atoms with Crippen molar-refractivity contribution in [2.24, 2.45) is 0 Å². The quantitative estimate of drug-likeness (QED) is 0.357. The summed E-state index contributed by atoms with van der Waals surface area (Å²) in [7, 11) is -4.26. The molecule has 0 fully saturated rings. The summed E-state index contributed by atoms with van der Waals surface area (Å²) in [6.07, 6.45) is 9.07. The SMILES string of the molecule is CCCCCCCCCCOC(=O)CS(=O)(=O)O. The minimum atomic E-state index is -4.26. The molecule has 0 aromatic rings. The van der Waals surface area contributed by atoms with E-state index in [9.17, 15) is 13.2 Å². The molecule has 0 aromatic carbocycles. The Balaban J connectivity index is 3.28. The highest BCUT2D eigenvalue weighted by molar-refractivity contribution is 7.86. The molecular formula is C12H24O5S. The van der Waals surface area contributed by atoms with Gasteiger partial charge in [-0.1, -0.05) is 51.9 Å². The van der Waals surface area contributed by atoms with E-state index in [-0.39, 0.29) is 6.61 Å². The number of ether oxygens (including phenoxy) is 1. The zero-order chi connectivity index (χ0) is 13.9. The van der Waals surface area contributed by atoms with Crippen LogP contribution in [0.2, 0.25) is 0 Å². The van der Waals surface area contributed by atoms with Crippen molar-refractivity contribution in [3.8, 4) is 0 Å². The first-order valence-electron chi connectivity index (χ1n) is 6.56. The highest BCUT2D eigenvalue weighted by Crippen LogP contribution is 2.08. The fraction of sp³-hybridized carbons (Fsp3) is 0.917. The minimum Gasteiger partial charge on any atom is -0.465 e. The van der Waals surface area contributed by atoms with Crippen molar-refractivity contribution in [3.05, 3.63) is 0 Å². The van der Waals surface area contributed by atoms with Gasteiger partial charge in [-0.15, -0.1) is 0 Å². The molecule has 0 heterocycles. The summed E-state index contributed by atoms with van der Waals surface area (Å²) < 4.78 is 33.8. The van der Waals surface area contributed by atoms with Crippen molar-refractivity contribution in [3.63, 3.8) is 0 Å². The van der Waals surface area contributed by atoms with Crippen molar-refractivity contribution < 1.29 is 22.5 Å².